The van der Waals surface area contributed by atoms with E-state index < -0.39 is 28.2 Å². The molecular weight excluding hydrogens is 370 g/mol. The summed E-state index contributed by atoms with van der Waals surface area (Å²) in [6, 6.07) is 7.91. The van der Waals surface area contributed by atoms with Gasteiger partial charge in [-0.15, -0.1) is 0 Å². The number of hydrogen-bond donors (Lipinski definition) is 0. The Morgan fingerprint density at radius 3 is 2.75 bits per heavy atom. The molecule has 0 aliphatic carbocycles. The molecule has 1 amide bonds. The highest BCUT2D eigenvalue weighted by atomic mass is 19.1. The van der Waals surface area contributed by atoms with E-state index in [1.165, 1.54) is 30.0 Å². The van der Waals surface area contributed by atoms with Crippen LogP contribution in [0.15, 0.2) is 36.4 Å². The zero-order chi connectivity index (χ0) is 20.3. The van der Waals surface area contributed by atoms with Crippen LogP contribution in [0, 0.1) is 28.7 Å². The maximum atomic E-state index is 14.2. The van der Waals surface area contributed by atoms with Gasteiger partial charge in [-0.1, -0.05) is 12.1 Å². The maximum absolute atomic E-state index is 14.2. The predicted octanol–water partition coefficient (Wildman–Crippen LogP) is 4.00. The Bertz CT molecular complexity index is 898. The minimum Gasteiger partial charge on any atom is -0.376 e. The average Bonchev–Trinajstić information content (AvgIpc) is 3.15. The molecule has 1 atom stereocenters. The van der Waals surface area contributed by atoms with Gasteiger partial charge in [-0.2, -0.15) is 0 Å². The zero-order valence-electron chi connectivity index (χ0n) is 15.4. The Hall–Kier alpha value is -2.87. The lowest BCUT2D eigenvalue weighted by Crippen LogP contribution is -2.37. The van der Waals surface area contributed by atoms with Crippen LogP contribution in [0.25, 0.3) is 0 Å². The van der Waals surface area contributed by atoms with E-state index >= 15 is 0 Å². The number of nitro benzene ring substituents is 1. The first-order valence-electron chi connectivity index (χ1n) is 8.95. The van der Waals surface area contributed by atoms with Crippen LogP contribution in [0.2, 0.25) is 0 Å². The van der Waals surface area contributed by atoms with Crippen molar-refractivity contribution < 1.29 is 23.2 Å². The molecule has 0 aromatic heterocycles. The number of nitrogens with zero attached hydrogens (tertiary/aromatic N) is 2. The summed E-state index contributed by atoms with van der Waals surface area (Å²) >= 11 is 0. The van der Waals surface area contributed by atoms with Crippen LogP contribution in [0.5, 0.6) is 0 Å². The molecule has 2 aromatic rings. The Balaban J connectivity index is 1.92. The third kappa shape index (κ3) is 4.51. The van der Waals surface area contributed by atoms with Crippen molar-refractivity contribution >= 4 is 11.6 Å². The smallest absolute Gasteiger partial charge is 0.276 e. The van der Waals surface area contributed by atoms with Crippen LogP contribution in [-0.4, -0.2) is 35.0 Å². The number of hydrogen-bond acceptors (Lipinski definition) is 4. The second-order valence-corrected chi connectivity index (χ2v) is 6.81. The summed E-state index contributed by atoms with van der Waals surface area (Å²) < 4.78 is 33.3. The van der Waals surface area contributed by atoms with Crippen LogP contribution >= 0.6 is 0 Å². The first-order valence-corrected chi connectivity index (χ1v) is 8.95. The van der Waals surface area contributed by atoms with E-state index in [0.717, 1.165) is 25.0 Å². The molecule has 1 unspecified atom stereocenters. The van der Waals surface area contributed by atoms with Crippen molar-refractivity contribution in [1.29, 1.82) is 0 Å². The van der Waals surface area contributed by atoms with Crippen molar-refractivity contribution in [2.75, 3.05) is 13.2 Å². The third-order valence-electron chi connectivity index (χ3n) is 4.76. The minimum atomic E-state index is -0.819. The average molecular weight is 390 g/mol. The van der Waals surface area contributed by atoms with Gasteiger partial charge in [-0.3, -0.25) is 14.9 Å². The maximum Gasteiger partial charge on any atom is 0.276 e. The fraction of sp³-hybridized carbons (Fsp3) is 0.350. The fourth-order valence-electron chi connectivity index (χ4n) is 3.27. The number of halogens is 2. The molecule has 6 nitrogen and oxygen atoms in total. The molecule has 0 spiro atoms. The summed E-state index contributed by atoms with van der Waals surface area (Å²) in [6.45, 7) is 2.20. The lowest BCUT2D eigenvalue weighted by Gasteiger charge is -2.26. The number of nitro groups is 1. The van der Waals surface area contributed by atoms with Gasteiger partial charge in [0.1, 0.15) is 11.6 Å². The van der Waals surface area contributed by atoms with Crippen molar-refractivity contribution in [2.24, 2.45) is 0 Å². The Morgan fingerprint density at radius 2 is 2.11 bits per heavy atom. The highest BCUT2D eigenvalue weighted by molar-refractivity contribution is 5.95. The number of amides is 1. The van der Waals surface area contributed by atoms with Gasteiger partial charge in [-0.05, 0) is 43.5 Å². The molecule has 1 aliphatic rings. The van der Waals surface area contributed by atoms with Gasteiger partial charge in [0.25, 0.3) is 11.6 Å². The lowest BCUT2D eigenvalue weighted by molar-refractivity contribution is -0.385. The van der Waals surface area contributed by atoms with E-state index in [4.69, 9.17) is 4.74 Å². The van der Waals surface area contributed by atoms with E-state index in [0.29, 0.717) is 12.2 Å². The molecule has 2 aromatic carbocycles. The van der Waals surface area contributed by atoms with Crippen LogP contribution < -0.4 is 0 Å². The van der Waals surface area contributed by atoms with Crippen molar-refractivity contribution in [3.05, 3.63) is 74.8 Å². The monoisotopic (exact) mass is 390 g/mol. The van der Waals surface area contributed by atoms with Crippen LogP contribution in [0.3, 0.4) is 0 Å². The normalized spacial score (nSPS) is 16.2. The quantitative estimate of drug-likeness (QED) is 0.552. The molecule has 148 valence electrons. The first-order chi connectivity index (χ1) is 13.3. The highest BCUT2D eigenvalue weighted by Crippen LogP contribution is 2.25. The molecule has 1 aliphatic heterocycles. The summed E-state index contributed by atoms with van der Waals surface area (Å²) in [5, 5.41) is 11.2. The number of rotatable bonds is 6. The summed E-state index contributed by atoms with van der Waals surface area (Å²) in [5.41, 5.74) is -0.138. The molecule has 0 saturated carbocycles. The van der Waals surface area contributed by atoms with Crippen LogP contribution in [0.4, 0.5) is 14.5 Å². The molecule has 1 fully saturated rings. The molecule has 1 saturated heterocycles. The second-order valence-electron chi connectivity index (χ2n) is 6.81. The topological polar surface area (TPSA) is 72.7 Å². The van der Waals surface area contributed by atoms with Crippen molar-refractivity contribution in [3.63, 3.8) is 0 Å². The number of benzene rings is 2. The standard InChI is InChI=1S/C20H20F2N2O4/c1-13-18(22)9-15(10-19(13)24(26)27)20(25)23(12-17-6-3-7-28-17)11-14-4-2-5-16(21)8-14/h2,4-5,8-10,17H,3,6-7,11-12H2,1H3. The summed E-state index contributed by atoms with van der Waals surface area (Å²) in [4.78, 5) is 24.9. The van der Waals surface area contributed by atoms with Gasteiger partial charge >= 0.3 is 0 Å². The largest absolute Gasteiger partial charge is 0.376 e. The van der Waals surface area contributed by atoms with Crippen molar-refractivity contribution in [3.8, 4) is 0 Å². The summed E-state index contributed by atoms with van der Waals surface area (Å²) in [5.74, 6) is -1.82. The second kappa shape index (κ2) is 8.43. The molecule has 3 rings (SSSR count). The van der Waals surface area contributed by atoms with Crippen LogP contribution in [0.1, 0.15) is 34.3 Å². The molecule has 0 radical (unpaired) electrons. The Kier molecular flexibility index (Phi) is 5.99. The molecule has 0 bridgehead atoms. The summed E-state index contributed by atoms with van der Waals surface area (Å²) in [6.07, 6.45) is 1.47. The highest BCUT2D eigenvalue weighted by Gasteiger charge is 2.26. The number of ether oxygens (including phenoxy) is 1. The molecule has 28 heavy (non-hydrogen) atoms. The van der Waals surface area contributed by atoms with Crippen LogP contribution in [-0.2, 0) is 11.3 Å². The molecule has 1 heterocycles. The first kappa shape index (κ1) is 19.9. The zero-order valence-corrected chi connectivity index (χ0v) is 15.4. The van der Waals surface area contributed by atoms with Gasteiger partial charge in [-0.25, -0.2) is 8.78 Å². The van der Waals surface area contributed by atoms with Gasteiger partial charge in [0.15, 0.2) is 0 Å². The van der Waals surface area contributed by atoms with Gasteiger partial charge in [0, 0.05) is 31.3 Å². The number of carbonyl (C=O) groups excluding carboxylic acids is 1. The SMILES string of the molecule is Cc1c(F)cc(C(=O)N(Cc2cccc(F)c2)CC2CCCO2)cc1[N+](=O)[O-]. The molecular formula is C20H20F2N2O4. The predicted molar refractivity (Wildman–Crippen MR) is 97.9 cm³/mol. The van der Waals surface area contributed by atoms with E-state index in [9.17, 15) is 23.7 Å². The Labute approximate surface area is 160 Å². The lowest BCUT2D eigenvalue weighted by atomic mass is 10.1. The van der Waals surface area contributed by atoms with E-state index in [-0.39, 0.29) is 30.3 Å². The third-order valence-corrected chi connectivity index (χ3v) is 4.76. The molecule has 8 heteroatoms. The minimum absolute atomic E-state index is 0.0831. The van der Waals surface area contributed by atoms with E-state index in [1.807, 2.05) is 0 Å². The van der Waals surface area contributed by atoms with Crippen molar-refractivity contribution in [2.45, 2.75) is 32.4 Å². The fourth-order valence-corrected chi connectivity index (χ4v) is 3.27. The van der Waals surface area contributed by atoms with Gasteiger partial charge in [0.05, 0.1) is 16.6 Å². The van der Waals surface area contributed by atoms with Gasteiger partial charge < -0.3 is 9.64 Å². The Morgan fingerprint density at radius 1 is 1.32 bits per heavy atom. The summed E-state index contributed by atoms with van der Waals surface area (Å²) in [7, 11) is 0. The number of carbonyl (C=O) groups is 1. The van der Waals surface area contributed by atoms with Crippen molar-refractivity contribution in [1.82, 2.24) is 4.90 Å². The van der Waals surface area contributed by atoms with E-state index in [1.54, 1.807) is 6.07 Å². The molecule has 0 N–H and O–H groups in total. The van der Waals surface area contributed by atoms with Gasteiger partial charge in [0.2, 0.25) is 0 Å². The van der Waals surface area contributed by atoms with E-state index in [2.05, 4.69) is 0 Å².